The number of anilines is 1. The van der Waals surface area contributed by atoms with Crippen LogP contribution in [-0.4, -0.2) is 91.1 Å². The first kappa shape index (κ1) is 26.2. The highest BCUT2D eigenvalue weighted by Gasteiger charge is 2.52. The zero-order valence-corrected chi connectivity index (χ0v) is 21.0. The summed E-state index contributed by atoms with van der Waals surface area (Å²) in [6.07, 6.45) is 0.937. The predicted octanol–water partition coefficient (Wildman–Crippen LogP) is 0.414. The van der Waals surface area contributed by atoms with Gasteiger partial charge in [-0.05, 0) is 43.0 Å². The second-order valence-corrected chi connectivity index (χ2v) is 9.83. The molecule has 3 rings (SSSR count). The van der Waals surface area contributed by atoms with Crippen molar-refractivity contribution < 1.29 is 24.0 Å². The maximum Gasteiger partial charge on any atom is 0.251 e. The monoisotopic (exact) mass is 485 g/mol. The molecule has 10 heteroatoms. The summed E-state index contributed by atoms with van der Waals surface area (Å²) < 4.78 is 0. The molecule has 1 aromatic carbocycles. The van der Waals surface area contributed by atoms with Crippen LogP contribution in [0.4, 0.5) is 5.69 Å². The molecule has 0 bridgehead atoms. The average Bonchev–Trinajstić information content (AvgIpc) is 3.37. The van der Waals surface area contributed by atoms with E-state index >= 15 is 0 Å². The van der Waals surface area contributed by atoms with E-state index in [1.165, 1.54) is 16.7 Å². The van der Waals surface area contributed by atoms with Gasteiger partial charge in [0.05, 0.1) is 19.1 Å². The highest BCUT2D eigenvalue weighted by atomic mass is 16.2. The molecular weight excluding hydrogens is 450 g/mol. The third kappa shape index (κ3) is 5.98. The minimum absolute atomic E-state index is 0.0866. The van der Waals surface area contributed by atoms with Gasteiger partial charge in [0, 0.05) is 38.8 Å². The molecule has 0 aliphatic carbocycles. The Morgan fingerprint density at radius 1 is 1.09 bits per heavy atom. The van der Waals surface area contributed by atoms with E-state index in [1.807, 2.05) is 45.0 Å². The van der Waals surface area contributed by atoms with Crippen molar-refractivity contribution in [3.8, 4) is 0 Å². The van der Waals surface area contributed by atoms with E-state index in [4.69, 9.17) is 0 Å². The summed E-state index contributed by atoms with van der Waals surface area (Å²) in [5.41, 5.74) is 1.39. The number of carbonyl (C=O) groups is 5. The summed E-state index contributed by atoms with van der Waals surface area (Å²) >= 11 is 0. The molecule has 3 atom stereocenters. The van der Waals surface area contributed by atoms with Gasteiger partial charge in [0.25, 0.3) is 5.91 Å². The van der Waals surface area contributed by atoms with Crippen molar-refractivity contribution in [1.29, 1.82) is 0 Å². The van der Waals surface area contributed by atoms with E-state index in [0.717, 1.165) is 5.69 Å². The Morgan fingerprint density at radius 3 is 2.31 bits per heavy atom. The fourth-order valence-electron chi connectivity index (χ4n) is 4.80. The first-order chi connectivity index (χ1) is 16.5. The molecule has 10 nitrogen and oxygen atoms in total. The Hall–Kier alpha value is -3.43. The highest BCUT2D eigenvalue weighted by Crippen LogP contribution is 2.30. The van der Waals surface area contributed by atoms with E-state index < -0.39 is 18.1 Å². The molecule has 0 unspecified atom stereocenters. The molecule has 4 amide bonds. The SMILES string of the molecule is CC(=O)N[C@H](CC(C)C)C(=O)N1CC(=O)[C@@H]2[C@H]1CCN2C(=O)CNC(=O)c1ccc(N(C)C)cc1. The van der Waals surface area contributed by atoms with Crippen molar-refractivity contribution in [2.75, 3.05) is 38.6 Å². The van der Waals surface area contributed by atoms with E-state index in [0.29, 0.717) is 24.9 Å². The minimum atomic E-state index is -0.722. The van der Waals surface area contributed by atoms with Crippen molar-refractivity contribution in [1.82, 2.24) is 20.4 Å². The van der Waals surface area contributed by atoms with Crippen molar-refractivity contribution in [3.05, 3.63) is 29.8 Å². The van der Waals surface area contributed by atoms with Crippen molar-refractivity contribution in [2.24, 2.45) is 5.92 Å². The second kappa shape index (κ2) is 10.9. The molecule has 35 heavy (non-hydrogen) atoms. The fraction of sp³-hybridized carbons (Fsp3) is 0.560. The average molecular weight is 486 g/mol. The van der Waals surface area contributed by atoms with E-state index in [-0.39, 0.29) is 48.4 Å². The molecule has 190 valence electrons. The highest BCUT2D eigenvalue weighted by molar-refractivity contribution is 6.00. The van der Waals surface area contributed by atoms with E-state index in [1.54, 1.807) is 12.1 Å². The van der Waals surface area contributed by atoms with Crippen LogP contribution in [0.5, 0.6) is 0 Å². The Balaban J connectivity index is 1.62. The number of likely N-dealkylation sites (tertiary alicyclic amines) is 2. The number of Topliss-reactive ketones (excluding diaryl/α,β-unsaturated/α-hetero) is 1. The summed E-state index contributed by atoms with van der Waals surface area (Å²) in [7, 11) is 3.81. The van der Waals surface area contributed by atoms with Crippen molar-refractivity contribution in [2.45, 2.75) is 51.7 Å². The molecular formula is C25H35N5O5. The Kier molecular flexibility index (Phi) is 8.14. The number of amides is 4. The molecule has 2 N–H and O–H groups in total. The molecule has 0 spiro atoms. The Bertz CT molecular complexity index is 990. The van der Waals surface area contributed by atoms with Gasteiger partial charge in [-0.3, -0.25) is 24.0 Å². The van der Waals surface area contributed by atoms with Gasteiger partial charge in [0.1, 0.15) is 12.1 Å². The number of hydrogen-bond donors (Lipinski definition) is 2. The van der Waals surface area contributed by atoms with Gasteiger partial charge < -0.3 is 25.3 Å². The van der Waals surface area contributed by atoms with Gasteiger partial charge in [-0.1, -0.05) is 13.8 Å². The number of carbonyl (C=O) groups excluding carboxylic acids is 5. The lowest BCUT2D eigenvalue weighted by Crippen LogP contribution is -2.51. The lowest BCUT2D eigenvalue weighted by molar-refractivity contribution is -0.138. The molecule has 2 saturated heterocycles. The third-order valence-electron chi connectivity index (χ3n) is 6.45. The number of fused-ring (bicyclic) bond motifs is 1. The maximum absolute atomic E-state index is 13.2. The molecule has 0 saturated carbocycles. The van der Waals surface area contributed by atoms with Crippen LogP contribution in [0, 0.1) is 5.92 Å². The zero-order valence-electron chi connectivity index (χ0n) is 21.0. The minimum Gasteiger partial charge on any atom is -0.378 e. The summed E-state index contributed by atoms with van der Waals surface area (Å²) in [5, 5.41) is 5.33. The smallest absolute Gasteiger partial charge is 0.251 e. The predicted molar refractivity (Wildman–Crippen MR) is 131 cm³/mol. The normalized spacial score (nSPS) is 20.0. The lowest BCUT2D eigenvalue weighted by atomic mass is 10.0. The van der Waals surface area contributed by atoms with E-state index in [9.17, 15) is 24.0 Å². The largest absolute Gasteiger partial charge is 0.378 e. The van der Waals surface area contributed by atoms with Crippen LogP contribution < -0.4 is 15.5 Å². The van der Waals surface area contributed by atoms with Crippen LogP contribution >= 0.6 is 0 Å². The van der Waals surface area contributed by atoms with Crippen molar-refractivity contribution in [3.63, 3.8) is 0 Å². The molecule has 2 aliphatic heterocycles. The molecule has 0 aromatic heterocycles. The van der Waals surface area contributed by atoms with E-state index in [2.05, 4.69) is 10.6 Å². The number of benzene rings is 1. The first-order valence-corrected chi connectivity index (χ1v) is 11.9. The van der Waals surface area contributed by atoms with Crippen LogP contribution in [0.25, 0.3) is 0 Å². The standard InChI is InChI=1S/C25H35N5O5/c1-15(2)12-19(27-16(3)31)25(35)30-14-21(32)23-20(30)10-11-29(23)22(33)13-26-24(34)17-6-8-18(9-7-17)28(4)5/h6-9,15,19-20,23H,10-14H2,1-5H3,(H,26,34)(H,27,31)/t19-,20-,23+/m1/s1. The van der Waals surface area contributed by atoms with Crippen LogP contribution in [-0.2, 0) is 19.2 Å². The lowest BCUT2D eigenvalue weighted by Gasteiger charge is -2.28. The summed E-state index contributed by atoms with van der Waals surface area (Å²) in [5.74, 6) is -1.36. The number of rotatable bonds is 8. The van der Waals surface area contributed by atoms with Gasteiger partial charge in [-0.15, -0.1) is 0 Å². The summed E-state index contributed by atoms with van der Waals surface area (Å²) in [4.78, 5) is 68.0. The van der Waals surface area contributed by atoms with Gasteiger partial charge in [0.2, 0.25) is 17.7 Å². The second-order valence-electron chi connectivity index (χ2n) is 9.83. The molecule has 2 heterocycles. The van der Waals surface area contributed by atoms with Crippen LogP contribution in [0.1, 0.15) is 44.0 Å². The van der Waals surface area contributed by atoms with Crippen LogP contribution in [0.2, 0.25) is 0 Å². The van der Waals surface area contributed by atoms with Gasteiger partial charge in [-0.2, -0.15) is 0 Å². The van der Waals surface area contributed by atoms with Crippen LogP contribution in [0.15, 0.2) is 24.3 Å². The Labute approximate surface area is 206 Å². The zero-order chi connectivity index (χ0) is 25.9. The molecule has 0 radical (unpaired) electrons. The quantitative estimate of drug-likeness (QED) is 0.551. The summed E-state index contributed by atoms with van der Waals surface area (Å²) in [6.45, 7) is 5.28. The molecule has 2 fully saturated rings. The topological polar surface area (TPSA) is 119 Å². The first-order valence-electron chi connectivity index (χ1n) is 11.9. The van der Waals surface area contributed by atoms with Gasteiger partial charge >= 0.3 is 0 Å². The van der Waals surface area contributed by atoms with Gasteiger partial charge in [-0.25, -0.2) is 0 Å². The fourth-order valence-corrected chi connectivity index (χ4v) is 4.80. The number of nitrogens with zero attached hydrogens (tertiary/aromatic N) is 3. The van der Waals surface area contributed by atoms with Crippen LogP contribution in [0.3, 0.4) is 0 Å². The molecule has 2 aliphatic rings. The number of nitrogens with one attached hydrogen (secondary N) is 2. The number of hydrogen-bond acceptors (Lipinski definition) is 6. The van der Waals surface area contributed by atoms with Crippen molar-refractivity contribution >= 4 is 35.1 Å². The Morgan fingerprint density at radius 2 is 1.74 bits per heavy atom. The number of ketones is 1. The summed E-state index contributed by atoms with van der Waals surface area (Å²) in [6, 6.07) is 5.16. The third-order valence-corrected chi connectivity index (χ3v) is 6.45. The maximum atomic E-state index is 13.2. The molecule has 1 aromatic rings. The van der Waals surface area contributed by atoms with Gasteiger partial charge in [0.15, 0.2) is 5.78 Å².